The predicted octanol–water partition coefficient (Wildman–Crippen LogP) is 5.08. The fourth-order valence-electron chi connectivity index (χ4n) is 2.68. The van der Waals surface area contributed by atoms with Crippen LogP contribution in [0.3, 0.4) is 0 Å². The van der Waals surface area contributed by atoms with Crippen LogP contribution in [0.4, 0.5) is 8.78 Å². The van der Waals surface area contributed by atoms with Crippen molar-refractivity contribution >= 4 is 17.5 Å². The smallest absolute Gasteiger partial charge is 0.220 e. The number of benzene rings is 2. The van der Waals surface area contributed by atoms with Crippen molar-refractivity contribution in [3.8, 4) is 11.3 Å². The molecular weight excluding hydrogens is 374 g/mol. The van der Waals surface area contributed by atoms with Gasteiger partial charge in [-0.05, 0) is 30.7 Å². The molecule has 3 aromatic rings. The van der Waals surface area contributed by atoms with Crippen molar-refractivity contribution in [2.45, 2.75) is 25.8 Å². The van der Waals surface area contributed by atoms with Crippen LogP contribution in [0.5, 0.6) is 0 Å². The molecule has 4 nitrogen and oxygen atoms in total. The van der Waals surface area contributed by atoms with E-state index in [9.17, 15) is 13.6 Å². The van der Waals surface area contributed by atoms with Crippen LogP contribution in [0.1, 0.15) is 30.8 Å². The van der Waals surface area contributed by atoms with E-state index >= 15 is 0 Å². The zero-order chi connectivity index (χ0) is 19.4. The van der Waals surface area contributed by atoms with Gasteiger partial charge in [0.2, 0.25) is 5.91 Å². The lowest BCUT2D eigenvalue weighted by Crippen LogP contribution is -2.27. The number of nitrogens with one attached hydrogen (secondary N) is 1. The van der Waals surface area contributed by atoms with Gasteiger partial charge in [-0.1, -0.05) is 29.8 Å². The maximum atomic E-state index is 13.8. The molecule has 1 unspecified atom stereocenters. The summed E-state index contributed by atoms with van der Waals surface area (Å²) < 4.78 is 32.3. The highest BCUT2D eigenvalue weighted by molar-refractivity contribution is 6.31. The van der Waals surface area contributed by atoms with Crippen LogP contribution in [0.25, 0.3) is 11.3 Å². The third-order valence-corrected chi connectivity index (χ3v) is 4.41. The number of carbonyl (C=O) groups is 1. The molecule has 0 aliphatic rings. The van der Waals surface area contributed by atoms with Crippen LogP contribution < -0.4 is 5.32 Å². The summed E-state index contributed by atoms with van der Waals surface area (Å²) in [4.78, 5) is 16.2. The molecule has 27 heavy (non-hydrogen) atoms. The quantitative estimate of drug-likeness (QED) is 0.638. The van der Waals surface area contributed by atoms with E-state index in [1.54, 1.807) is 6.07 Å². The van der Waals surface area contributed by atoms with Crippen molar-refractivity contribution in [3.63, 3.8) is 0 Å². The van der Waals surface area contributed by atoms with Gasteiger partial charge in [0.05, 0.1) is 17.8 Å². The molecule has 0 aliphatic heterocycles. The highest BCUT2D eigenvalue weighted by Gasteiger charge is 2.15. The Morgan fingerprint density at radius 3 is 2.78 bits per heavy atom. The second-order valence-electron chi connectivity index (χ2n) is 6.05. The summed E-state index contributed by atoms with van der Waals surface area (Å²) in [7, 11) is 0. The van der Waals surface area contributed by atoms with Gasteiger partial charge in [-0.2, -0.15) is 0 Å². The molecule has 1 aromatic heterocycles. The summed E-state index contributed by atoms with van der Waals surface area (Å²) in [6, 6.07) is 10.3. The van der Waals surface area contributed by atoms with E-state index in [-0.39, 0.29) is 36.1 Å². The highest BCUT2D eigenvalue weighted by Crippen LogP contribution is 2.25. The van der Waals surface area contributed by atoms with Gasteiger partial charge in [0, 0.05) is 23.9 Å². The van der Waals surface area contributed by atoms with Gasteiger partial charge in [0.15, 0.2) is 11.7 Å². The van der Waals surface area contributed by atoms with E-state index < -0.39 is 11.6 Å². The molecule has 140 valence electrons. The lowest BCUT2D eigenvalue weighted by Gasteiger charge is -2.15. The molecule has 1 atom stereocenters. The average Bonchev–Trinajstić information content (AvgIpc) is 3.09. The standard InChI is InChI=1S/C20H17ClF2N2O2/c1-12(14-4-2-3-5-16(14)21)25-19(26)8-9-20-24-11-18(27-20)15-7-6-13(22)10-17(15)23/h2-7,10-12H,8-9H2,1H3,(H,25,26). The highest BCUT2D eigenvalue weighted by atomic mass is 35.5. The Labute approximate surface area is 160 Å². The second-order valence-corrected chi connectivity index (χ2v) is 6.46. The van der Waals surface area contributed by atoms with Crippen LogP contribution >= 0.6 is 11.6 Å². The monoisotopic (exact) mass is 390 g/mol. The molecule has 3 rings (SSSR count). The van der Waals surface area contributed by atoms with Crippen molar-refractivity contribution < 1.29 is 18.0 Å². The average molecular weight is 391 g/mol. The van der Waals surface area contributed by atoms with E-state index in [0.717, 1.165) is 17.7 Å². The first-order chi connectivity index (χ1) is 12.9. The molecule has 1 N–H and O–H groups in total. The Morgan fingerprint density at radius 1 is 1.26 bits per heavy atom. The molecule has 7 heteroatoms. The van der Waals surface area contributed by atoms with Gasteiger partial charge >= 0.3 is 0 Å². The topological polar surface area (TPSA) is 55.1 Å². The van der Waals surface area contributed by atoms with Crippen LogP contribution in [-0.4, -0.2) is 10.9 Å². The van der Waals surface area contributed by atoms with Crippen molar-refractivity contribution in [1.82, 2.24) is 10.3 Å². The number of aromatic nitrogens is 1. The first-order valence-corrected chi connectivity index (χ1v) is 8.75. The molecule has 1 amide bonds. The number of hydrogen-bond donors (Lipinski definition) is 1. The van der Waals surface area contributed by atoms with Crippen molar-refractivity contribution in [2.75, 3.05) is 0 Å². The SMILES string of the molecule is CC(NC(=O)CCc1ncc(-c2ccc(F)cc2F)o1)c1ccccc1Cl. The largest absolute Gasteiger partial charge is 0.441 e. The molecule has 0 fully saturated rings. The van der Waals surface area contributed by atoms with Gasteiger partial charge in [-0.3, -0.25) is 4.79 Å². The van der Waals surface area contributed by atoms with E-state index in [0.29, 0.717) is 10.9 Å². The van der Waals surface area contributed by atoms with Crippen LogP contribution in [-0.2, 0) is 11.2 Å². The minimum Gasteiger partial charge on any atom is -0.441 e. The minimum atomic E-state index is -0.732. The number of amides is 1. The summed E-state index contributed by atoms with van der Waals surface area (Å²) in [5.41, 5.74) is 0.949. The Hall–Kier alpha value is -2.73. The zero-order valence-electron chi connectivity index (χ0n) is 14.5. The van der Waals surface area contributed by atoms with Crippen LogP contribution in [0, 0.1) is 11.6 Å². The summed E-state index contributed by atoms with van der Waals surface area (Å²) in [6.07, 6.45) is 1.76. The number of oxazole rings is 1. The van der Waals surface area contributed by atoms with Crippen LogP contribution in [0.2, 0.25) is 5.02 Å². The fourth-order valence-corrected chi connectivity index (χ4v) is 2.98. The maximum Gasteiger partial charge on any atom is 0.220 e. The minimum absolute atomic E-state index is 0.118. The molecule has 0 saturated heterocycles. The van der Waals surface area contributed by atoms with Gasteiger partial charge < -0.3 is 9.73 Å². The molecule has 0 bridgehead atoms. The zero-order valence-corrected chi connectivity index (χ0v) is 15.3. The number of hydrogen-bond acceptors (Lipinski definition) is 3. The number of nitrogens with zero attached hydrogens (tertiary/aromatic N) is 1. The van der Waals surface area contributed by atoms with E-state index in [4.69, 9.17) is 16.0 Å². The van der Waals surface area contributed by atoms with Gasteiger partial charge in [0.1, 0.15) is 11.6 Å². The molecule has 2 aromatic carbocycles. The molecule has 0 aliphatic carbocycles. The normalized spacial score (nSPS) is 12.0. The Balaban J connectivity index is 1.58. The number of halogens is 3. The van der Waals surface area contributed by atoms with Crippen molar-refractivity contribution in [3.05, 3.63) is 76.8 Å². The summed E-state index contributed by atoms with van der Waals surface area (Å²) in [5, 5.41) is 3.45. The van der Waals surface area contributed by atoms with Gasteiger partial charge in [0.25, 0.3) is 0 Å². The van der Waals surface area contributed by atoms with Crippen LogP contribution in [0.15, 0.2) is 53.1 Å². The summed E-state index contributed by atoms with van der Waals surface area (Å²) in [5.74, 6) is -1.10. The van der Waals surface area contributed by atoms with Gasteiger partial charge in [-0.25, -0.2) is 13.8 Å². The van der Waals surface area contributed by atoms with Crippen molar-refractivity contribution in [1.29, 1.82) is 0 Å². The lowest BCUT2D eigenvalue weighted by molar-refractivity contribution is -0.121. The number of carbonyl (C=O) groups excluding carboxylic acids is 1. The van der Waals surface area contributed by atoms with E-state index in [1.807, 2.05) is 25.1 Å². The van der Waals surface area contributed by atoms with E-state index in [1.165, 1.54) is 12.3 Å². The summed E-state index contributed by atoms with van der Waals surface area (Å²) in [6.45, 7) is 1.85. The molecular formula is C20H17ClF2N2O2. The Morgan fingerprint density at radius 2 is 2.04 bits per heavy atom. The summed E-state index contributed by atoms with van der Waals surface area (Å²) >= 11 is 6.13. The number of aryl methyl sites for hydroxylation is 1. The fraction of sp³-hybridized carbons (Fsp3) is 0.200. The van der Waals surface area contributed by atoms with E-state index in [2.05, 4.69) is 10.3 Å². The first kappa shape index (κ1) is 19.0. The van der Waals surface area contributed by atoms with Crippen molar-refractivity contribution in [2.24, 2.45) is 0 Å². The Bertz CT molecular complexity index is 959. The third-order valence-electron chi connectivity index (χ3n) is 4.07. The third kappa shape index (κ3) is 4.71. The first-order valence-electron chi connectivity index (χ1n) is 8.38. The lowest BCUT2D eigenvalue weighted by atomic mass is 10.1. The predicted molar refractivity (Wildman–Crippen MR) is 98.2 cm³/mol. The Kier molecular flexibility index (Phi) is 5.86. The second kappa shape index (κ2) is 8.31. The van der Waals surface area contributed by atoms with Gasteiger partial charge in [-0.15, -0.1) is 0 Å². The number of rotatable bonds is 6. The molecule has 1 heterocycles. The molecule has 0 radical (unpaired) electrons. The molecule has 0 saturated carbocycles. The molecule has 0 spiro atoms. The maximum absolute atomic E-state index is 13.8.